The molecule has 0 unspecified atom stereocenters. The van der Waals surface area contributed by atoms with Gasteiger partial charge in [0.15, 0.2) is 28.8 Å². The zero-order valence-corrected chi connectivity index (χ0v) is 36.1. The van der Waals surface area contributed by atoms with Crippen molar-refractivity contribution in [2.24, 2.45) is 29.6 Å². The van der Waals surface area contributed by atoms with Crippen molar-refractivity contribution in [3.05, 3.63) is 58.4 Å². The molecule has 4 heterocycles. The van der Waals surface area contributed by atoms with Crippen LogP contribution in [0.2, 0.25) is 0 Å². The van der Waals surface area contributed by atoms with E-state index in [2.05, 4.69) is 60.9 Å². The minimum Gasteiger partial charge on any atom is -0.493 e. The van der Waals surface area contributed by atoms with Crippen molar-refractivity contribution in [3.8, 4) is 23.0 Å². The summed E-state index contributed by atoms with van der Waals surface area (Å²) < 4.78 is 47.2. The number of hydrogen-bond acceptors (Lipinski definition) is 11. The van der Waals surface area contributed by atoms with E-state index in [4.69, 9.17) is 43.0 Å². The van der Waals surface area contributed by atoms with Gasteiger partial charge in [0.05, 0.1) is 60.9 Å². The van der Waals surface area contributed by atoms with Gasteiger partial charge in [-0.15, -0.1) is 0 Å². The van der Waals surface area contributed by atoms with Gasteiger partial charge in [-0.05, 0) is 115 Å². The third-order valence-electron chi connectivity index (χ3n) is 13.0. The van der Waals surface area contributed by atoms with Crippen LogP contribution in [-0.4, -0.2) is 115 Å². The summed E-state index contributed by atoms with van der Waals surface area (Å²) in [5, 5.41) is 8.99. The predicted octanol–water partition coefficient (Wildman–Crippen LogP) is 6.76. The van der Waals surface area contributed by atoms with Gasteiger partial charge in [0.25, 0.3) is 5.91 Å². The maximum atomic E-state index is 15.1. The molecule has 4 aliphatic heterocycles. The van der Waals surface area contributed by atoms with Gasteiger partial charge in [-0.1, -0.05) is 27.2 Å². The third kappa shape index (κ3) is 9.57. The van der Waals surface area contributed by atoms with E-state index >= 15 is 4.79 Å². The lowest BCUT2D eigenvalue weighted by atomic mass is 9.72. The number of methoxy groups -OCH3 is 4. The summed E-state index contributed by atoms with van der Waals surface area (Å²) in [6.07, 6.45) is 6.75. The van der Waals surface area contributed by atoms with Crippen molar-refractivity contribution >= 4 is 5.91 Å². The van der Waals surface area contributed by atoms with E-state index in [9.17, 15) is 0 Å². The van der Waals surface area contributed by atoms with Crippen molar-refractivity contribution in [3.63, 3.8) is 0 Å². The van der Waals surface area contributed by atoms with Gasteiger partial charge in [0, 0.05) is 44.8 Å². The van der Waals surface area contributed by atoms with Gasteiger partial charge in [-0.25, -0.2) is 0 Å². The van der Waals surface area contributed by atoms with Gasteiger partial charge in [0.1, 0.15) is 0 Å². The minimum atomic E-state index is -0.578. The van der Waals surface area contributed by atoms with E-state index in [-0.39, 0.29) is 42.4 Å². The van der Waals surface area contributed by atoms with E-state index < -0.39 is 6.29 Å². The summed E-state index contributed by atoms with van der Waals surface area (Å²) in [7, 11) is 6.75. The fourth-order valence-corrected chi connectivity index (χ4v) is 10.0. The second-order valence-corrected chi connectivity index (χ2v) is 16.4. The van der Waals surface area contributed by atoms with Crippen molar-refractivity contribution < 1.29 is 47.8 Å². The van der Waals surface area contributed by atoms with E-state index in [1.54, 1.807) is 28.4 Å². The molecule has 2 aromatic carbocycles. The highest BCUT2D eigenvalue weighted by molar-refractivity contribution is 5.92. The van der Waals surface area contributed by atoms with Crippen LogP contribution in [0.3, 0.4) is 0 Å². The molecule has 0 spiro atoms. The maximum Gasteiger partial charge on any atom is 0.289 e. The molecule has 1 amide bonds. The number of piperidine rings is 1. The van der Waals surface area contributed by atoms with Crippen LogP contribution in [0.15, 0.2) is 36.1 Å². The number of aliphatic hydroxyl groups excluding tert-OH is 1. The molecule has 322 valence electrons. The monoisotopic (exact) mass is 808 g/mol. The topological polar surface area (TPSA) is 118 Å². The average molecular weight is 809 g/mol. The quantitative estimate of drug-likeness (QED) is 0.152. The molecule has 0 radical (unpaired) electrons. The van der Waals surface area contributed by atoms with Crippen molar-refractivity contribution in [2.75, 3.05) is 87.7 Å². The Balaban J connectivity index is 1.31. The summed E-state index contributed by atoms with van der Waals surface area (Å²) in [6, 6.07) is 8.61. The van der Waals surface area contributed by atoms with Crippen LogP contribution in [0.1, 0.15) is 87.7 Å². The normalized spacial score (nSPS) is 25.6. The molecule has 6 rings (SSSR count). The van der Waals surface area contributed by atoms with Crippen LogP contribution < -0.4 is 18.9 Å². The first kappa shape index (κ1) is 44.0. The maximum absolute atomic E-state index is 15.1. The lowest BCUT2D eigenvalue weighted by Gasteiger charge is -2.49. The zero-order chi connectivity index (χ0) is 41.3. The first-order chi connectivity index (χ1) is 28.2. The Morgan fingerprint density at radius 1 is 0.828 bits per heavy atom. The number of fused-ring (bicyclic) bond motifs is 4. The predicted molar refractivity (Wildman–Crippen MR) is 222 cm³/mol. The molecule has 0 saturated carbocycles. The van der Waals surface area contributed by atoms with Crippen LogP contribution in [0.25, 0.3) is 0 Å². The zero-order valence-electron chi connectivity index (χ0n) is 36.1. The van der Waals surface area contributed by atoms with Crippen molar-refractivity contribution in [2.45, 2.75) is 84.6 Å². The number of aliphatic hydroxyl groups is 1. The molecule has 1 saturated heterocycles. The molecule has 0 bridgehead atoms. The average Bonchev–Trinajstić information content (AvgIpc) is 3.24. The number of amides is 1. The fraction of sp³-hybridized carbons (Fsp3) is 0.674. The summed E-state index contributed by atoms with van der Waals surface area (Å²) in [5.74, 6) is 4.31. The fourth-order valence-electron chi connectivity index (χ4n) is 10.0. The van der Waals surface area contributed by atoms with Gasteiger partial charge < -0.3 is 47.9 Å². The highest BCUT2D eigenvalue weighted by Gasteiger charge is 2.45. The van der Waals surface area contributed by atoms with E-state index in [0.29, 0.717) is 81.5 Å². The van der Waals surface area contributed by atoms with Gasteiger partial charge >= 0.3 is 0 Å². The van der Waals surface area contributed by atoms with Crippen molar-refractivity contribution in [1.82, 2.24) is 9.80 Å². The van der Waals surface area contributed by atoms with Crippen molar-refractivity contribution in [1.29, 1.82) is 0 Å². The molecule has 1 fully saturated rings. The lowest BCUT2D eigenvalue weighted by molar-refractivity contribution is -0.181. The Hall–Kier alpha value is -3.55. The molecule has 2 aromatic rings. The van der Waals surface area contributed by atoms with E-state index in [1.807, 2.05) is 6.92 Å². The summed E-state index contributed by atoms with van der Waals surface area (Å²) in [5.41, 5.74) is 4.95. The Morgan fingerprint density at radius 2 is 1.45 bits per heavy atom. The molecule has 12 nitrogen and oxygen atoms in total. The Kier molecular flexibility index (Phi) is 15.6. The molecule has 4 aliphatic rings. The number of benzene rings is 2. The summed E-state index contributed by atoms with van der Waals surface area (Å²) in [6.45, 7) is 13.4. The van der Waals surface area contributed by atoms with Crippen LogP contribution in [-0.2, 0) is 36.6 Å². The summed E-state index contributed by atoms with van der Waals surface area (Å²) >= 11 is 0. The van der Waals surface area contributed by atoms with Gasteiger partial charge in [0.2, 0.25) is 6.29 Å². The van der Waals surface area contributed by atoms with Crippen LogP contribution >= 0.6 is 0 Å². The second-order valence-electron chi connectivity index (χ2n) is 16.4. The molecule has 0 aliphatic carbocycles. The van der Waals surface area contributed by atoms with Crippen LogP contribution in [0.5, 0.6) is 23.0 Å². The number of hydrogen-bond donors (Lipinski definition) is 1. The molecular formula is C46H68N2O10. The minimum absolute atomic E-state index is 0.00701. The van der Waals surface area contributed by atoms with E-state index in [0.717, 1.165) is 55.8 Å². The Bertz CT molecular complexity index is 1700. The second kappa shape index (κ2) is 20.6. The SMILES string of the molecule is CCO[C@@H]1OC(C(=O)N2CCc3cc(OC)c(OC)cc3[C@H]2C[C@H]2C[C@H]3c4cc(OC)c(OC)cc4CCN3C[C@@H]2CC)=C[C@H](C(C)C)[C@@H]1CCOCCOCCO. The number of allylic oxidation sites excluding steroid dienone is 1. The molecule has 0 aromatic heterocycles. The number of ether oxygens (including phenoxy) is 8. The number of nitrogens with zero attached hydrogens (tertiary/aromatic N) is 2. The van der Waals surface area contributed by atoms with E-state index in [1.165, 1.54) is 16.7 Å². The number of carbonyl (C=O) groups is 1. The highest BCUT2D eigenvalue weighted by atomic mass is 16.7. The van der Waals surface area contributed by atoms with Gasteiger partial charge in [-0.2, -0.15) is 0 Å². The number of rotatable bonds is 19. The first-order valence-corrected chi connectivity index (χ1v) is 21.5. The molecule has 58 heavy (non-hydrogen) atoms. The Labute approximate surface area is 346 Å². The van der Waals surface area contributed by atoms with Gasteiger partial charge in [-0.3, -0.25) is 9.69 Å². The molecule has 7 atom stereocenters. The highest BCUT2D eigenvalue weighted by Crippen LogP contribution is 2.50. The molecule has 12 heteroatoms. The van der Waals surface area contributed by atoms with Crippen LogP contribution in [0.4, 0.5) is 0 Å². The Morgan fingerprint density at radius 3 is 2.07 bits per heavy atom. The smallest absolute Gasteiger partial charge is 0.289 e. The van der Waals surface area contributed by atoms with Crippen LogP contribution in [0, 0.1) is 29.6 Å². The standard InChI is InChI=1S/C46H68N2O10/c1-9-30-28-47-14-11-31-23-40(51-5)42(53-7)26-36(31)38(47)21-33(30)22-39-37-27-43(54-8)41(52-6)24-32(37)12-15-48(39)45(50)44-25-35(29(3)4)34(46(58-44)57-10-2)13-17-55-19-20-56-18-16-49/h23-27,29-30,33-35,38-39,46,49H,9-22,28H2,1-8H3/t30-,33+,34-,35+,38-,39+,46+/m0/s1. The molecular weight excluding hydrogens is 741 g/mol. The summed E-state index contributed by atoms with van der Waals surface area (Å²) in [4.78, 5) is 19.8. The largest absolute Gasteiger partial charge is 0.493 e. The third-order valence-corrected chi connectivity index (χ3v) is 13.0. The molecule has 1 N–H and O–H groups in total. The lowest BCUT2D eigenvalue weighted by Crippen LogP contribution is -2.48. The first-order valence-electron chi connectivity index (χ1n) is 21.5. The number of carbonyl (C=O) groups excluding carboxylic acids is 1.